The fourth-order valence-electron chi connectivity index (χ4n) is 5.30. The molecule has 6 nitrogen and oxygen atoms in total. The molecule has 0 aliphatic heterocycles. The van der Waals surface area contributed by atoms with E-state index in [1.54, 1.807) is 0 Å². The third kappa shape index (κ3) is 5.55. The zero-order chi connectivity index (χ0) is 26.6. The third-order valence-electron chi connectivity index (χ3n) is 7.26. The molecule has 194 valence electrons. The molecule has 4 aromatic rings. The van der Waals surface area contributed by atoms with Gasteiger partial charge in [0.05, 0.1) is 28.5 Å². The van der Waals surface area contributed by atoms with Gasteiger partial charge in [-0.05, 0) is 80.0 Å². The predicted molar refractivity (Wildman–Crippen MR) is 149 cm³/mol. The average molecular weight is 528 g/mol. The molecular weight excluding hydrogens is 498 g/mol. The molecule has 38 heavy (non-hydrogen) atoms. The van der Waals surface area contributed by atoms with Crippen LogP contribution in [0, 0.1) is 0 Å². The molecule has 0 saturated heterocycles. The van der Waals surface area contributed by atoms with Crippen molar-refractivity contribution in [2.24, 2.45) is 0 Å². The highest BCUT2D eigenvalue weighted by Crippen LogP contribution is 2.36. The van der Waals surface area contributed by atoms with Crippen molar-refractivity contribution in [1.82, 2.24) is 14.9 Å². The minimum absolute atomic E-state index is 0.00412. The van der Waals surface area contributed by atoms with Crippen LogP contribution in [0.25, 0.3) is 22.3 Å². The van der Waals surface area contributed by atoms with Crippen molar-refractivity contribution in [2.75, 3.05) is 7.05 Å². The van der Waals surface area contributed by atoms with Gasteiger partial charge in [-0.25, -0.2) is 9.97 Å². The van der Waals surface area contributed by atoms with Crippen molar-refractivity contribution < 1.29 is 14.7 Å². The Labute approximate surface area is 227 Å². The maximum absolute atomic E-state index is 13.6. The van der Waals surface area contributed by atoms with Gasteiger partial charge in [0, 0.05) is 29.6 Å². The molecule has 7 heteroatoms. The lowest BCUT2D eigenvalue weighted by Crippen LogP contribution is -2.33. The lowest BCUT2D eigenvalue weighted by Gasteiger charge is -2.33. The topological polar surface area (TPSA) is 83.4 Å². The fraction of sp³-hybridized carbons (Fsp3) is 0.290. The predicted octanol–water partition coefficient (Wildman–Crippen LogP) is 6.90. The Kier molecular flexibility index (Phi) is 7.70. The number of aromatic nitrogens is 2. The van der Waals surface area contributed by atoms with Crippen molar-refractivity contribution in [1.29, 1.82) is 0 Å². The molecule has 1 aromatic heterocycles. The highest BCUT2D eigenvalue weighted by molar-refractivity contribution is 6.30. The Balaban J connectivity index is 1.45. The summed E-state index contributed by atoms with van der Waals surface area (Å²) >= 11 is 6.22. The number of fused-ring (bicyclic) bond motifs is 2. The SMILES string of the molecule is CN(C(=O)c1ccc2nc(-c3ccccc3)c(CCCCC(=O)O)nc2c1)[C@@H]1CCCc2cc(Cl)ccc21. The van der Waals surface area contributed by atoms with Crippen molar-refractivity contribution >= 4 is 34.5 Å². The van der Waals surface area contributed by atoms with Gasteiger partial charge in [0.15, 0.2) is 0 Å². The van der Waals surface area contributed by atoms with Crippen LogP contribution in [0.1, 0.15) is 65.3 Å². The molecule has 1 atom stereocenters. The zero-order valence-electron chi connectivity index (χ0n) is 21.4. The van der Waals surface area contributed by atoms with Crippen LogP contribution in [-0.2, 0) is 17.6 Å². The number of benzene rings is 3. The van der Waals surface area contributed by atoms with Gasteiger partial charge in [-0.1, -0.05) is 48.0 Å². The van der Waals surface area contributed by atoms with Crippen molar-refractivity contribution in [3.05, 3.63) is 94.1 Å². The number of carbonyl (C=O) groups excluding carboxylic acids is 1. The van der Waals surface area contributed by atoms with E-state index < -0.39 is 5.97 Å². The molecule has 1 aliphatic rings. The van der Waals surface area contributed by atoms with Crippen molar-refractivity contribution in [3.8, 4) is 11.3 Å². The van der Waals surface area contributed by atoms with Gasteiger partial charge < -0.3 is 10.0 Å². The molecule has 3 aromatic carbocycles. The minimum Gasteiger partial charge on any atom is -0.481 e. The number of rotatable bonds is 8. The van der Waals surface area contributed by atoms with Crippen LogP contribution in [-0.4, -0.2) is 38.9 Å². The normalized spacial score (nSPS) is 14.7. The molecule has 0 fully saturated rings. The Morgan fingerprint density at radius 1 is 1.00 bits per heavy atom. The van der Waals surface area contributed by atoms with Gasteiger partial charge in [-0.3, -0.25) is 9.59 Å². The summed E-state index contributed by atoms with van der Waals surface area (Å²) in [7, 11) is 1.86. The number of nitrogens with zero attached hydrogens (tertiary/aromatic N) is 3. The number of hydrogen-bond acceptors (Lipinski definition) is 4. The Hall–Kier alpha value is -3.77. The first kappa shape index (κ1) is 25.9. The van der Waals surface area contributed by atoms with Crippen LogP contribution in [0.15, 0.2) is 66.7 Å². The maximum Gasteiger partial charge on any atom is 0.303 e. The minimum atomic E-state index is -0.797. The van der Waals surface area contributed by atoms with E-state index in [0.29, 0.717) is 30.3 Å². The molecule has 0 spiro atoms. The highest BCUT2D eigenvalue weighted by Gasteiger charge is 2.28. The molecule has 0 bridgehead atoms. The first-order chi connectivity index (χ1) is 18.4. The summed E-state index contributed by atoms with van der Waals surface area (Å²) in [5.74, 6) is -0.856. The summed E-state index contributed by atoms with van der Waals surface area (Å²) in [5, 5.41) is 9.73. The standard InChI is InChI=1S/C31H30ClN3O3/c1-35(28-12-7-10-21-18-23(32)15-16-24(21)28)31(38)22-14-17-25-27(19-22)33-26(11-5-6-13-29(36)37)30(34-25)20-8-3-2-4-9-20/h2-4,8-9,14-19,28H,5-7,10-13H2,1H3,(H,36,37)/t28-/m1/s1. The number of aryl methyl sites for hydroxylation is 2. The van der Waals surface area contributed by atoms with E-state index in [1.807, 2.05) is 78.7 Å². The Bertz CT molecular complexity index is 1490. The number of carboxylic acid groups (broad SMARTS) is 1. The molecule has 5 rings (SSSR count). The number of aliphatic carboxylic acids is 1. The number of halogens is 1. The molecule has 1 heterocycles. The fourth-order valence-corrected chi connectivity index (χ4v) is 5.49. The maximum atomic E-state index is 13.6. The smallest absolute Gasteiger partial charge is 0.303 e. The van der Waals surface area contributed by atoms with E-state index in [2.05, 4.69) is 0 Å². The number of amides is 1. The van der Waals surface area contributed by atoms with E-state index in [-0.39, 0.29) is 18.4 Å². The van der Waals surface area contributed by atoms with Crippen molar-refractivity contribution in [3.63, 3.8) is 0 Å². The summed E-state index contributed by atoms with van der Waals surface area (Å²) in [6.45, 7) is 0. The van der Waals surface area contributed by atoms with E-state index in [1.165, 1.54) is 5.56 Å². The molecule has 0 saturated carbocycles. The number of carboxylic acids is 1. The van der Waals surface area contributed by atoms with Gasteiger partial charge >= 0.3 is 5.97 Å². The summed E-state index contributed by atoms with van der Waals surface area (Å²) in [6.07, 6.45) is 4.89. The van der Waals surface area contributed by atoms with Gasteiger partial charge in [0.2, 0.25) is 0 Å². The lowest BCUT2D eigenvalue weighted by atomic mass is 9.86. The quantitative estimate of drug-likeness (QED) is 0.252. The van der Waals surface area contributed by atoms with Gasteiger partial charge in [-0.15, -0.1) is 0 Å². The second-order valence-corrected chi connectivity index (χ2v) is 10.3. The van der Waals surface area contributed by atoms with E-state index >= 15 is 0 Å². The summed E-state index contributed by atoms with van der Waals surface area (Å²) < 4.78 is 0. The molecule has 0 radical (unpaired) electrons. The molecule has 0 unspecified atom stereocenters. The molecular formula is C31H30ClN3O3. The first-order valence-electron chi connectivity index (χ1n) is 13.0. The number of carbonyl (C=O) groups is 2. The van der Waals surface area contributed by atoms with Crippen LogP contribution in [0.3, 0.4) is 0 Å². The first-order valence-corrected chi connectivity index (χ1v) is 13.4. The summed E-state index contributed by atoms with van der Waals surface area (Å²) in [6, 6.07) is 21.3. The second kappa shape index (κ2) is 11.3. The Morgan fingerprint density at radius 3 is 2.61 bits per heavy atom. The third-order valence-corrected chi connectivity index (χ3v) is 7.50. The van der Waals surface area contributed by atoms with Crippen LogP contribution >= 0.6 is 11.6 Å². The highest BCUT2D eigenvalue weighted by atomic mass is 35.5. The molecule has 1 amide bonds. The molecule has 1 aliphatic carbocycles. The summed E-state index contributed by atoms with van der Waals surface area (Å²) in [5.41, 5.74) is 6.88. The van der Waals surface area contributed by atoms with Gasteiger partial charge in [0.1, 0.15) is 0 Å². The lowest BCUT2D eigenvalue weighted by molar-refractivity contribution is -0.137. The van der Waals surface area contributed by atoms with E-state index in [9.17, 15) is 9.59 Å². The van der Waals surface area contributed by atoms with E-state index in [0.717, 1.165) is 52.3 Å². The zero-order valence-corrected chi connectivity index (χ0v) is 22.1. The van der Waals surface area contributed by atoms with Crippen molar-refractivity contribution in [2.45, 2.75) is 51.0 Å². The Morgan fingerprint density at radius 2 is 1.82 bits per heavy atom. The monoisotopic (exact) mass is 527 g/mol. The van der Waals surface area contributed by atoms with Gasteiger partial charge in [0.25, 0.3) is 5.91 Å². The number of hydrogen-bond donors (Lipinski definition) is 1. The average Bonchev–Trinajstić information content (AvgIpc) is 2.93. The number of unbranched alkanes of at least 4 members (excludes halogenated alkanes) is 1. The van der Waals surface area contributed by atoms with Crippen LogP contribution in [0.5, 0.6) is 0 Å². The second-order valence-electron chi connectivity index (χ2n) is 9.86. The van der Waals surface area contributed by atoms with E-state index in [4.69, 9.17) is 26.7 Å². The summed E-state index contributed by atoms with van der Waals surface area (Å²) in [4.78, 5) is 36.2. The van der Waals surface area contributed by atoms with Gasteiger partial charge in [-0.2, -0.15) is 0 Å². The molecule has 1 N–H and O–H groups in total. The van der Waals surface area contributed by atoms with Crippen LogP contribution in [0.2, 0.25) is 5.02 Å². The largest absolute Gasteiger partial charge is 0.481 e. The van der Waals surface area contributed by atoms with Crippen LogP contribution in [0.4, 0.5) is 0 Å². The van der Waals surface area contributed by atoms with Crippen LogP contribution < -0.4 is 0 Å².